The van der Waals surface area contributed by atoms with E-state index in [2.05, 4.69) is 21.6 Å². The number of carbonyl (C=O) groups is 2. The third-order valence-corrected chi connectivity index (χ3v) is 8.06. The van der Waals surface area contributed by atoms with Gasteiger partial charge in [0.05, 0.1) is 41.7 Å². The van der Waals surface area contributed by atoms with Gasteiger partial charge in [-0.2, -0.15) is 17.0 Å². The maximum absolute atomic E-state index is 13.6. The molecule has 0 aromatic heterocycles. The van der Waals surface area contributed by atoms with Gasteiger partial charge < -0.3 is 19.9 Å². The number of rotatable bonds is 7. The molecule has 1 unspecified atom stereocenters. The first-order chi connectivity index (χ1) is 17.9. The Bertz CT molecular complexity index is 1210. The third-order valence-electron chi connectivity index (χ3n) is 7.05. The fraction of sp³-hybridized carbons (Fsp3) is 0.407. The van der Waals surface area contributed by atoms with Gasteiger partial charge in [-0.25, -0.2) is 4.79 Å². The van der Waals surface area contributed by atoms with Crippen molar-refractivity contribution in [2.24, 2.45) is 0 Å². The van der Waals surface area contributed by atoms with Crippen LogP contribution in [0.3, 0.4) is 0 Å². The second-order valence-electron chi connectivity index (χ2n) is 9.16. The van der Waals surface area contributed by atoms with E-state index in [0.717, 1.165) is 17.7 Å². The lowest BCUT2D eigenvalue weighted by Gasteiger charge is -2.45. The summed E-state index contributed by atoms with van der Waals surface area (Å²) in [5.41, 5.74) is 1.95. The van der Waals surface area contributed by atoms with E-state index in [9.17, 15) is 14.9 Å². The number of thioether (sulfide) groups is 1. The summed E-state index contributed by atoms with van der Waals surface area (Å²) in [4.78, 5) is 29.7. The second-order valence-corrected chi connectivity index (χ2v) is 10.5. The van der Waals surface area contributed by atoms with E-state index in [-0.39, 0.29) is 11.9 Å². The molecule has 194 valence electrons. The highest BCUT2D eigenvalue weighted by molar-refractivity contribution is 7.98. The zero-order valence-electron chi connectivity index (χ0n) is 21.0. The minimum absolute atomic E-state index is 0.0861. The summed E-state index contributed by atoms with van der Waals surface area (Å²) in [6.45, 7) is 1.66. The molecule has 0 saturated carbocycles. The molecule has 1 atom stereocenters. The third kappa shape index (κ3) is 5.74. The van der Waals surface area contributed by atoms with Crippen molar-refractivity contribution in [2.45, 2.75) is 37.5 Å². The topological polar surface area (TPSA) is 97.7 Å². The SMILES string of the molecule is COC(=O)c1ccccc1NC(=S)N1CCC2(CC1)NC(CCSC)C(=O)N2Cc1ccccc1C#N. The van der Waals surface area contributed by atoms with Crippen LogP contribution in [-0.2, 0) is 16.1 Å². The van der Waals surface area contributed by atoms with Gasteiger partial charge in [-0.15, -0.1) is 0 Å². The lowest BCUT2D eigenvalue weighted by Crippen LogP contribution is -2.59. The van der Waals surface area contributed by atoms with Crippen LogP contribution in [0.5, 0.6) is 0 Å². The van der Waals surface area contributed by atoms with Crippen molar-refractivity contribution in [2.75, 3.05) is 37.5 Å². The summed E-state index contributed by atoms with van der Waals surface area (Å²) in [6, 6.07) is 16.6. The number of thiocarbonyl (C=S) groups is 1. The number of likely N-dealkylation sites (tertiary alicyclic amines) is 1. The monoisotopic (exact) mass is 537 g/mol. The molecule has 2 aromatic rings. The van der Waals surface area contributed by atoms with Crippen LogP contribution in [0.25, 0.3) is 0 Å². The number of nitrogens with one attached hydrogen (secondary N) is 2. The predicted octanol–water partition coefficient (Wildman–Crippen LogP) is 3.59. The molecule has 1 amide bonds. The van der Waals surface area contributed by atoms with Crippen LogP contribution in [0.15, 0.2) is 48.5 Å². The maximum Gasteiger partial charge on any atom is 0.339 e. The van der Waals surface area contributed by atoms with Crippen molar-refractivity contribution in [1.29, 1.82) is 5.26 Å². The molecule has 8 nitrogen and oxygen atoms in total. The Balaban J connectivity index is 1.50. The Morgan fingerprint density at radius 1 is 1.24 bits per heavy atom. The summed E-state index contributed by atoms with van der Waals surface area (Å²) >= 11 is 7.42. The first-order valence-electron chi connectivity index (χ1n) is 12.2. The van der Waals surface area contributed by atoms with E-state index in [0.29, 0.717) is 54.4 Å². The van der Waals surface area contributed by atoms with Crippen molar-refractivity contribution in [3.8, 4) is 6.07 Å². The zero-order chi connectivity index (χ0) is 26.4. The summed E-state index contributed by atoms with van der Waals surface area (Å²) in [5.74, 6) is 0.548. The molecule has 37 heavy (non-hydrogen) atoms. The second kappa shape index (κ2) is 11.9. The smallest absolute Gasteiger partial charge is 0.339 e. The van der Waals surface area contributed by atoms with Crippen LogP contribution in [0.4, 0.5) is 5.69 Å². The summed E-state index contributed by atoms with van der Waals surface area (Å²) in [7, 11) is 1.35. The number of carbonyl (C=O) groups excluding carboxylic acids is 2. The number of para-hydroxylation sites is 1. The highest BCUT2D eigenvalue weighted by Crippen LogP contribution is 2.35. The molecule has 4 rings (SSSR count). The van der Waals surface area contributed by atoms with Crippen molar-refractivity contribution >= 4 is 46.7 Å². The van der Waals surface area contributed by atoms with Gasteiger partial charge in [0.2, 0.25) is 5.91 Å². The number of methoxy groups -OCH3 is 1. The Morgan fingerprint density at radius 3 is 2.65 bits per heavy atom. The van der Waals surface area contributed by atoms with Gasteiger partial charge in [0, 0.05) is 32.5 Å². The number of benzene rings is 2. The molecule has 2 aromatic carbocycles. The lowest BCUT2D eigenvalue weighted by atomic mass is 9.95. The van der Waals surface area contributed by atoms with Crippen LogP contribution in [-0.4, -0.2) is 70.7 Å². The Labute approximate surface area is 227 Å². The van der Waals surface area contributed by atoms with Crippen molar-refractivity contribution in [1.82, 2.24) is 15.1 Å². The Kier molecular flexibility index (Phi) is 8.69. The number of anilines is 1. The molecular formula is C27H31N5O3S2. The van der Waals surface area contributed by atoms with Gasteiger partial charge in [-0.05, 0) is 54.4 Å². The van der Waals surface area contributed by atoms with Gasteiger partial charge in [-0.1, -0.05) is 30.3 Å². The molecular weight excluding hydrogens is 506 g/mol. The molecule has 2 fully saturated rings. The number of nitriles is 1. The summed E-state index contributed by atoms with van der Waals surface area (Å²) in [5, 5.41) is 17.0. The molecule has 2 N–H and O–H groups in total. The van der Waals surface area contributed by atoms with Crippen LogP contribution < -0.4 is 10.6 Å². The van der Waals surface area contributed by atoms with Crippen molar-refractivity contribution < 1.29 is 14.3 Å². The molecule has 2 aliphatic heterocycles. The number of nitrogens with zero attached hydrogens (tertiary/aromatic N) is 3. The number of esters is 1. The average molecular weight is 538 g/mol. The van der Waals surface area contributed by atoms with Gasteiger partial charge in [0.15, 0.2) is 5.11 Å². The lowest BCUT2D eigenvalue weighted by molar-refractivity contribution is -0.134. The minimum Gasteiger partial charge on any atom is -0.465 e. The fourth-order valence-electron chi connectivity index (χ4n) is 5.03. The summed E-state index contributed by atoms with van der Waals surface area (Å²) < 4.78 is 4.89. The molecule has 0 radical (unpaired) electrons. The van der Waals surface area contributed by atoms with Crippen molar-refractivity contribution in [3.63, 3.8) is 0 Å². The van der Waals surface area contributed by atoms with Gasteiger partial charge >= 0.3 is 5.97 Å². The number of hydrogen-bond donors (Lipinski definition) is 2. The highest BCUT2D eigenvalue weighted by Gasteiger charge is 2.51. The normalized spacial score (nSPS) is 18.5. The molecule has 0 aliphatic carbocycles. The molecule has 2 heterocycles. The summed E-state index contributed by atoms with van der Waals surface area (Å²) in [6.07, 6.45) is 4.17. The minimum atomic E-state index is -0.501. The first kappa shape index (κ1) is 26.9. The highest BCUT2D eigenvalue weighted by atomic mass is 32.2. The van der Waals surface area contributed by atoms with Gasteiger partial charge in [-0.3, -0.25) is 10.1 Å². The van der Waals surface area contributed by atoms with Crippen LogP contribution in [0.1, 0.15) is 40.7 Å². The van der Waals surface area contributed by atoms with Gasteiger partial charge in [0.25, 0.3) is 0 Å². The van der Waals surface area contributed by atoms with Crippen LogP contribution >= 0.6 is 24.0 Å². The van der Waals surface area contributed by atoms with E-state index in [1.165, 1.54) is 7.11 Å². The maximum atomic E-state index is 13.6. The van der Waals surface area contributed by atoms with E-state index in [1.807, 2.05) is 35.4 Å². The van der Waals surface area contributed by atoms with Crippen LogP contribution in [0.2, 0.25) is 0 Å². The number of piperidine rings is 1. The van der Waals surface area contributed by atoms with Crippen LogP contribution in [0, 0.1) is 11.3 Å². The Morgan fingerprint density at radius 2 is 1.95 bits per heavy atom. The van der Waals surface area contributed by atoms with E-state index in [4.69, 9.17) is 17.0 Å². The number of ether oxygens (including phenoxy) is 1. The molecule has 2 aliphatic rings. The van der Waals surface area contributed by atoms with E-state index < -0.39 is 11.6 Å². The van der Waals surface area contributed by atoms with E-state index in [1.54, 1.807) is 36.0 Å². The number of amides is 1. The predicted molar refractivity (Wildman–Crippen MR) is 149 cm³/mol. The van der Waals surface area contributed by atoms with E-state index >= 15 is 0 Å². The molecule has 2 saturated heterocycles. The largest absolute Gasteiger partial charge is 0.465 e. The molecule has 10 heteroatoms. The Hall–Kier alpha value is -3.13. The van der Waals surface area contributed by atoms with Gasteiger partial charge in [0.1, 0.15) is 0 Å². The van der Waals surface area contributed by atoms with Crippen molar-refractivity contribution in [3.05, 3.63) is 65.2 Å². The average Bonchev–Trinajstić information content (AvgIpc) is 3.17. The number of hydrogen-bond acceptors (Lipinski definition) is 7. The first-order valence-corrected chi connectivity index (χ1v) is 14.0. The fourth-order valence-corrected chi connectivity index (χ4v) is 5.79. The quantitative estimate of drug-likeness (QED) is 0.406. The standard InChI is InChI=1S/C27H31N5O3S2/c1-35-25(34)21-9-5-6-10-22(21)29-26(36)31-14-12-27(13-15-31)30-23(11-16-37-2)24(33)32(27)18-20-8-4-3-7-19(20)17-28/h3-10,23,30H,11-16,18H2,1-2H3,(H,29,36). The molecule has 0 bridgehead atoms. The molecule has 1 spiro atoms. The zero-order valence-corrected chi connectivity index (χ0v) is 22.7.